The zero-order chi connectivity index (χ0) is 11.3. The lowest BCUT2D eigenvalue weighted by molar-refractivity contribution is -0.131. The molecule has 1 fully saturated rings. The van der Waals surface area contributed by atoms with Gasteiger partial charge in [0.05, 0.1) is 12.3 Å². The van der Waals surface area contributed by atoms with Crippen LogP contribution < -0.4 is 5.32 Å². The van der Waals surface area contributed by atoms with Crippen LogP contribution in [-0.2, 0) is 14.6 Å². The molecular weight excluding hydrogens is 216 g/mol. The van der Waals surface area contributed by atoms with Crippen molar-refractivity contribution in [3.63, 3.8) is 0 Å². The van der Waals surface area contributed by atoms with E-state index in [0.29, 0.717) is 26.1 Å². The summed E-state index contributed by atoms with van der Waals surface area (Å²) in [6.07, 6.45) is 0.544. The first-order valence-corrected chi connectivity index (χ1v) is 7.06. The molecule has 1 rings (SSSR count). The minimum Gasteiger partial charge on any atom is -0.340 e. The van der Waals surface area contributed by atoms with Gasteiger partial charge in [-0.1, -0.05) is 6.92 Å². The van der Waals surface area contributed by atoms with E-state index in [2.05, 4.69) is 5.32 Å². The molecule has 1 aliphatic rings. The molecule has 0 bridgehead atoms. The van der Waals surface area contributed by atoms with Gasteiger partial charge in [0.25, 0.3) is 0 Å². The maximum absolute atomic E-state index is 11.3. The first kappa shape index (κ1) is 12.4. The van der Waals surface area contributed by atoms with Crippen molar-refractivity contribution in [2.45, 2.75) is 13.3 Å². The summed E-state index contributed by atoms with van der Waals surface area (Å²) in [5.41, 5.74) is 0. The Morgan fingerprint density at radius 3 is 2.80 bits per heavy atom. The summed E-state index contributed by atoms with van der Waals surface area (Å²) in [6, 6.07) is 0. The van der Waals surface area contributed by atoms with Crippen LogP contribution >= 0.6 is 0 Å². The molecule has 1 saturated heterocycles. The van der Waals surface area contributed by atoms with E-state index in [9.17, 15) is 13.2 Å². The van der Waals surface area contributed by atoms with Crippen molar-refractivity contribution in [1.29, 1.82) is 0 Å². The van der Waals surface area contributed by atoms with Crippen LogP contribution in [-0.4, -0.2) is 56.9 Å². The molecule has 1 aliphatic heterocycles. The second-order valence-corrected chi connectivity index (χ2v) is 6.12. The lowest BCUT2D eigenvalue weighted by atomic mass is 10.3. The fourth-order valence-electron chi connectivity index (χ4n) is 1.50. The second-order valence-electron chi connectivity index (χ2n) is 3.65. The highest BCUT2D eigenvalue weighted by Crippen LogP contribution is 1.99. The predicted molar refractivity (Wildman–Crippen MR) is 58.4 cm³/mol. The van der Waals surface area contributed by atoms with E-state index in [0.717, 1.165) is 6.54 Å². The van der Waals surface area contributed by atoms with E-state index in [1.165, 1.54) is 0 Å². The molecule has 1 amide bonds. The fourth-order valence-corrected chi connectivity index (χ4v) is 2.36. The number of carbonyl (C=O) groups is 1. The van der Waals surface area contributed by atoms with Crippen molar-refractivity contribution in [1.82, 2.24) is 10.2 Å². The molecule has 0 atom stereocenters. The zero-order valence-electron chi connectivity index (χ0n) is 9.03. The van der Waals surface area contributed by atoms with Crippen LogP contribution in [0, 0.1) is 0 Å². The maximum Gasteiger partial charge on any atom is 0.236 e. The molecule has 15 heavy (non-hydrogen) atoms. The van der Waals surface area contributed by atoms with Gasteiger partial charge >= 0.3 is 0 Å². The highest BCUT2D eigenvalue weighted by molar-refractivity contribution is 7.91. The smallest absolute Gasteiger partial charge is 0.236 e. The number of nitrogens with zero attached hydrogens (tertiary/aromatic N) is 1. The van der Waals surface area contributed by atoms with Crippen molar-refractivity contribution < 1.29 is 13.2 Å². The average molecular weight is 234 g/mol. The molecule has 0 aromatic carbocycles. The summed E-state index contributed by atoms with van der Waals surface area (Å²) in [5.74, 6) is 0.429. The minimum absolute atomic E-state index is 0.0650. The standard InChI is InChI=1S/C9H18N2O3S/c1-2-15(13,14)7-3-5-11-6-4-10-8-9(11)12/h10H,2-8H2,1H3. The van der Waals surface area contributed by atoms with Gasteiger partial charge in [-0.2, -0.15) is 0 Å². The summed E-state index contributed by atoms with van der Waals surface area (Å²) in [7, 11) is -2.89. The van der Waals surface area contributed by atoms with Crippen LogP contribution in [0.4, 0.5) is 0 Å². The van der Waals surface area contributed by atoms with Crippen LogP contribution in [0.15, 0.2) is 0 Å². The Morgan fingerprint density at radius 1 is 1.47 bits per heavy atom. The molecule has 0 unspecified atom stereocenters. The van der Waals surface area contributed by atoms with Crippen LogP contribution in [0.3, 0.4) is 0 Å². The molecule has 5 nitrogen and oxygen atoms in total. The number of sulfone groups is 1. The lowest BCUT2D eigenvalue weighted by Gasteiger charge is -2.27. The Kier molecular flexibility index (Phi) is 4.53. The predicted octanol–water partition coefficient (Wildman–Crippen LogP) is -0.757. The molecule has 6 heteroatoms. The van der Waals surface area contributed by atoms with Gasteiger partial charge in [0.15, 0.2) is 0 Å². The molecular formula is C9H18N2O3S. The van der Waals surface area contributed by atoms with E-state index in [-0.39, 0.29) is 17.4 Å². The molecule has 1 N–H and O–H groups in total. The van der Waals surface area contributed by atoms with Gasteiger partial charge in [-0.15, -0.1) is 0 Å². The normalized spacial score (nSPS) is 18.2. The summed E-state index contributed by atoms with van der Waals surface area (Å²) in [5, 5.41) is 2.97. The molecule has 0 spiro atoms. The van der Waals surface area contributed by atoms with E-state index >= 15 is 0 Å². The Balaban J connectivity index is 2.28. The molecule has 88 valence electrons. The van der Waals surface area contributed by atoms with Crippen molar-refractivity contribution in [3.05, 3.63) is 0 Å². The van der Waals surface area contributed by atoms with Crippen molar-refractivity contribution in [3.8, 4) is 0 Å². The summed E-state index contributed by atoms with van der Waals surface area (Å²) < 4.78 is 22.4. The summed E-state index contributed by atoms with van der Waals surface area (Å²) in [6.45, 7) is 4.06. The average Bonchev–Trinajstić information content (AvgIpc) is 2.21. The Morgan fingerprint density at radius 2 is 2.20 bits per heavy atom. The van der Waals surface area contributed by atoms with Gasteiger partial charge < -0.3 is 10.2 Å². The van der Waals surface area contributed by atoms with Gasteiger partial charge in [-0.25, -0.2) is 8.42 Å². The summed E-state index contributed by atoms with van der Waals surface area (Å²) in [4.78, 5) is 13.1. The van der Waals surface area contributed by atoms with Gasteiger partial charge in [-0.05, 0) is 6.42 Å². The highest BCUT2D eigenvalue weighted by atomic mass is 32.2. The third kappa shape index (κ3) is 4.17. The fraction of sp³-hybridized carbons (Fsp3) is 0.889. The molecule has 1 heterocycles. The quantitative estimate of drug-likeness (QED) is 0.679. The number of carbonyl (C=O) groups excluding carboxylic acids is 1. The Bertz CT molecular complexity index is 313. The van der Waals surface area contributed by atoms with Crippen LogP contribution in [0.5, 0.6) is 0 Å². The molecule has 0 aliphatic carbocycles. The lowest BCUT2D eigenvalue weighted by Crippen LogP contribution is -2.48. The molecule has 0 saturated carbocycles. The first-order chi connectivity index (χ1) is 7.05. The zero-order valence-corrected chi connectivity index (χ0v) is 9.85. The number of amides is 1. The van der Waals surface area contributed by atoms with Crippen LogP contribution in [0.1, 0.15) is 13.3 Å². The maximum atomic E-state index is 11.3. The van der Waals surface area contributed by atoms with Crippen molar-refractivity contribution in [2.75, 3.05) is 37.7 Å². The minimum atomic E-state index is -2.89. The number of rotatable bonds is 5. The van der Waals surface area contributed by atoms with Crippen molar-refractivity contribution >= 4 is 15.7 Å². The number of hydrogen-bond donors (Lipinski definition) is 1. The molecule has 0 aromatic rings. The number of hydrogen-bond acceptors (Lipinski definition) is 4. The first-order valence-electron chi connectivity index (χ1n) is 5.24. The van der Waals surface area contributed by atoms with E-state index < -0.39 is 9.84 Å². The van der Waals surface area contributed by atoms with Gasteiger partial charge in [-0.3, -0.25) is 4.79 Å². The van der Waals surface area contributed by atoms with Crippen molar-refractivity contribution in [2.24, 2.45) is 0 Å². The SMILES string of the molecule is CCS(=O)(=O)CCCN1CCNCC1=O. The van der Waals surface area contributed by atoms with E-state index in [1.807, 2.05) is 0 Å². The molecule has 0 radical (unpaired) electrons. The van der Waals surface area contributed by atoms with Gasteiger partial charge in [0, 0.05) is 25.4 Å². The van der Waals surface area contributed by atoms with Crippen LogP contribution in [0.25, 0.3) is 0 Å². The topological polar surface area (TPSA) is 66.5 Å². The third-order valence-electron chi connectivity index (χ3n) is 2.51. The van der Waals surface area contributed by atoms with Crippen LogP contribution in [0.2, 0.25) is 0 Å². The second kappa shape index (κ2) is 5.46. The third-order valence-corrected chi connectivity index (χ3v) is 4.30. The monoisotopic (exact) mass is 234 g/mol. The van der Waals surface area contributed by atoms with Gasteiger partial charge in [0.1, 0.15) is 9.84 Å². The Labute approximate surface area is 90.7 Å². The Hall–Kier alpha value is -0.620. The van der Waals surface area contributed by atoms with E-state index in [1.54, 1.807) is 11.8 Å². The number of piperazine rings is 1. The highest BCUT2D eigenvalue weighted by Gasteiger charge is 2.17. The van der Waals surface area contributed by atoms with E-state index in [4.69, 9.17) is 0 Å². The molecule has 0 aromatic heterocycles. The summed E-state index contributed by atoms with van der Waals surface area (Å²) >= 11 is 0. The largest absolute Gasteiger partial charge is 0.340 e. The number of nitrogens with one attached hydrogen (secondary N) is 1. The van der Waals surface area contributed by atoms with Gasteiger partial charge in [0.2, 0.25) is 5.91 Å².